The Balaban J connectivity index is 1.50. The quantitative estimate of drug-likeness (QED) is 0.674. The molecule has 0 bridgehead atoms. The average molecular weight is 425 g/mol. The lowest BCUT2D eigenvalue weighted by Gasteiger charge is -2.36. The highest BCUT2D eigenvalue weighted by Crippen LogP contribution is 2.40. The van der Waals surface area contributed by atoms with Crippen LogP contribution in [0.2, 0.25) is 0 Å². The van der Waals surface area contributed by atoms with Gasteiger partial charge in [0.1, 0.15) is 11.5 Å². The molecular weight excluding hydrogens is 404 g/mol. The molecule has 1 N–H and O–H groups in total. The molecule has 4 rings (SSSR count). The van der Waals surface area contributed by atoms with Gasteiger partial charge in [0, 0.05) is 30.2 Å². The molecule has 1 aromatic carbocycles. The zero-order chi connectivity index (χ0) is 22.0. The Morgan fingerprint density at radius 2 is 2.06 bits per heavy atom. The van der Waals surface area contributed by atoms with Gasteiger partial charge in [-0.05, 0) is 30.4 Å². The van der Waals surface area contributed by atoms with Crippen molar-refractivity contribution in [3.63, 3.8) is 0 Å². The molecule has 3 aromatic rings. The van der Waals surface area contributed by atoms with E-state index in [2.05, 4.69) is 39.1 Å². The molecule has 7 nitrogen and oxygen atoms in total. The topological polar surface area (TPSA) is 89.9 Å². The molecule has 2 heterocycles. The minimum Gasteiger partial charge on any atom is -0.481 e. The number of halogens is 2. The van der Waals surface area contributed by atoms with Crippen LogP contribution in [0.1, 0.15) is 37.6 Å². The van der Waals surface area contributed by atoms with E-state index in [1.54, 1.807) is 24.8 Å². The number of carbonyl (C=O) groups excluding carboxylic acids is 1. The van der Waals surface area contributed by atoms with Crippen LogP contribution in [-0.2, 0) is 11.2 Å². The summed E-state index contributed by atoms with van der Waals surface area (Å²) in [6, 6.07) is 2.61. The Hall–Kier alpha value is -3.49. The monoisotopic (exact) mass is 425 g/mol. The summed E-state index contributed by atoms with van der Waals surface area (Å²) in [7, 11) is 0. The van der Waals surface area contributed by atoms with E-state index in [1.807, 2.05) is 0 Å². The van der Waals surface area contributed by atoms with Crippen molar-refractivity contribution in [2.24, 2.45) is 5.41 Å². The van der Waals surface area contributed by atoms with Crippen molar-refractivity contribution < 1.29 is 18.3 Å². The van der Waals surface area contributed by atoms with E-state index >= 15 is 0 Å². The summed E-state index contributed by atoms with van der Waals surface area (Å²) in [5.41, 5.74) is 2.13. The van der Waals surface area contributed by atoms with E-state index in [1.165, 1.54) is 0 Å². The van der Waals surface area contributed by atoms with Gasteiger partial charge in [-0.25, -0.2) is 23.7 Å². The second-order valence-electron chi connectivity index (χ2n) is 8.21. The second kappa shape index (κ2) is 8.33. The lowest BCUT2D eigenvalue weighted by Crippen LogP contribution is -2.39. The molecule has 31 heavy (non-hydrogen) atoms. The predicted molar refractivity (Wildman–Crippen MR) is 108 cm³/mol. The van der Waals surface area contributed by atoms with Crippen LogP contribution >= 0.6 is 0 Å². The Morgan fingerprint density at radius 1 is 1.23 bits per heavy atom. The number of aromatic nitrogens is 4. The molecule has 1 atom stereocenters. The van der Waals surface area contributed by atoms with E-state index in [-0.39, 0.29) is 17.2 Å². The van der Waals surface area contributed by atoms with E-state index in [0.29, 0.717) is 24.0 Å². The zero-order valence-electron chi connectivity index (χ0n) is 17.1. The highest BCUT2D eigenvalue weighted by Gasteiger charge is 2.34. The largest absolute Gasteiger partial charge is 0.481 e. The summed E-state index contributed by atoms with van der Waals surface area (Å²) in [4.78, 5) is 29.8. The Bertz CT molecular complexity index is 1110. The fourth-order valence-corrected chi connectivity index (χ4v) is 3.69. The molecule has 0 saturated carbocycles. The smallest absolute Gasteiger partial charge is 0.258 e. The van der Waals surface area contributed by atoms with Gasteiger partial charge >= 0.3 is 0 Å². The van der Waals surface area contributed by atoms with Crippen LogP contribution in [0.3, 0.4) is 0 Å². The van der Waals surface area contributed by atoms with Crippen molar-refractivity contribution in [1.82, 2.24) is 25.3 Å². The van der Waals surface area contributed by atoms with Crippen LogP contribution in [-0.4, -0.2) is 32.4 Å². The molecule has 9 heteroatoms. The third kappa shape index (κ3) is 4.82. The highest BCUT2D eigenvalue weighted by molar-refractivity contribution is 5.78. The van der Waals surface area contributed by atoms with Crippen LogP contribution in [0.4, 0.5) is 8.78 Å². The molecule has 1 amide bonds. The number of ether oxygens (including phenoxy) is 1. The summed E-state index contributed by atoms with van der Waals surface area (Å²) < 4.78 is 31.9. The first kappa shape index (κ1) is 20.8. The number of rotatable bonds is 5. The first-order chi connectivity index (χ1) is 14.8. The van der Waals surface area contributed by atoms with Gasteiger partial charge in [-0.1, -0.05) is 13.8 Å². The summed E-state index contributed by atoms with van der Waals surface area (Å²) in [5.74, 6) is -1.70. The van der Waals surface area contributed by atoms with Crippen molar-refractivity contribution in [3.05, 3.63) is 65.9 Å². The molecule has 0 saturated heterocycles. The SMILES string of the molecule is CC1(C)Cc2nc(-c3cnccn3)ncc2[C@H](NC(=O)COc2ccc(F)cc2F)C1. The van der Waals surface area contributed by atoms with Crippen molar-refractivity contribution in [3.8, 4) is 17.3 Å². The molecule has 2 aromatic heterocycles. The molecule has 0 spiro atoms. The zero-order valence-corrected chi connectivity index (χ0v) is 17.1. The lowest BCUT2D eigenvalue weighted by molar-refractivity contribution is -0.124. The normalized spacial score (nSPS) is 17.0. The van der Waals surface area contributed by atoms with Crippen molar-refractivity contribution in [2.75, 3.05) is 6.61 Å². The van der Waals surface area contributed by atoms with Crippen LogP contribution in [0.25, 0.3) is 11.5 Å². The fraction of sp³-hybridized carbons (Fsp3) is 0.318. The number of benzene rings is 1. The van der Waals surface area contributed by atoms with E-state index in [9.17, 15) is 13.6 Å². The Labute approximate surface area is 177 Å². The predicted octanol–water partition coefficient (Wildman–Crippen LogP) is 3.42. The summed E-state index contributed by atoms with van der Waals surface area (Å²) in [6.45, 7) is 3.81. The van der Waals surface area contributed by atoms with Gasteiger partial charge in [0.2, 0.25) is 0 Å². The van der Waals surface area contributed by atoms with Crippen molar-refractivity contribution in [2.45, 2.75) is 32.7 Å². The number of carbonyl (C=O) groups is 1. The van der Waals surface area contributed by atoms with Crippen molar-refractivity contribution >= 4 is 5.91 Å². The lowest BCUT2D eigenvalue weighted by atomic mass is 9.74. The molecule has 0 unspecified atom stereocenters. The van der Waals surface area contributed by atoms with Gasteiger partial charge in [0.05, 0.1) is 17.9 Å². The Kier molecular flexibility index (Phi) is 5.58. The second-order valence-corrected chi connectivity index (χ2v) is 8.21. The molecule has 0 fully saturated rings. The molecule has 0 aliphatic heterocycles. The van der Waals surface area contributed by atoms with Crippen LogP contribution < -0.4 is 10.1 Å². The van der Waals surface area contributed by atoms with Gasteiger partial charge in [-0.3, -0.25) is 9.78 Å². The van der Waals surface area contributed by atoms with E-state index in [4.69, 9.17) is 4.74 Å². The molecule has 160 valence electrons. The maximum atomic E-state index is 13.7. The maximum absolute atomic E-state index is 13.7. The first-order valence-corrected chi connectivity index (χ1v) is 9.80. The van der Waals surface area contributed by atoms with E-state index in [0.717, 1.165) is 29.8 Å². The van der Waals surface area contributed by atoms with Gasteiger partial charge < -0.3 is 10.1 Å². The molecule has 1 aliphatic rings. The summed E-state index contributed by atoms with van der Waals surface area (Å²) in [6.07, 6.45) is 7.87. The standard InChI is InChI=1S/C22H21F2N5O2/c1-22(2)8-16(28-20(30)12-31-19-4-3-13(23)7-15(19)24)14-10-27-21(29-17(14)9-22)18-11-25-5-6-26-18/h3-7,10-11,16H,8-9,12H2,1-2H3,(H,28,30)/t16-/m1/s1. The summed E-state index contributed by atoms with van der Waals surface area (Å²) >= 11 is 0. The molecule has 0 radical (unpaired) electrons. The Morgan fingerprint density at radius 3 is 2.81 bits per heavy atom. The van der Waals surface area contributed by atoms with Crippen molar-refractivity contribution in [1.29, 1.82) is 0 Å². The average Bonchev–Trinajstić information content (AvgIpc) is 2.72. The number of nitrogens with one attached hydrogen (secondary N) is 1. The van der Waals surface area contributed by atoms with Gasteiger partial charge in [0.15, 0.2) is 24.0 Å². The first-order valence-electron chi connectivity index (χ1n) is 9.80. The molecule has 1 aliphatic carbocycles. The number of amides is 1. The van der Waals surface area contributed by atoms with Crippen LogP contribution in [0.5, 0.6) is 5.75 Å². The van der Waals surface area contributed by atoms with Gasteiger partial charge in [0.25, 0.3) is 5.91 Å². The molecular formula is C22H21F2N5O2. The van der Waals surface area contributed by atoms with Crippen LogP contribution in [0.15, 0.2) is 43.0 Å². The van der Waals surface area contributed by atoms with E-state index < -0.39 is 24.1 Å². The number of fused-ring (bicyclic) bond motifs is 1. The van der Waals surface area contributed by atoms with Crippen LogP contribution in [0, 0.1) is 17.0 Å². The summed E-state index contributed by atoms with van der Waals surface area (Å²) in [5, 5.41) is 2.92. The highest BCUT2D eigenvalue weighted by atomic mass is 19.1. The minimum atomic E-state index is -0.859. The van der Waals surface area contributed by atoms with Gasteiger partial charge in [-0.2, -0.15) is 0 Å². The number of hydrogen-bond acceptors (Lipinski definition) is 6. The maximum Gasteiger partial charge on any atom is 0.258 e. The number of hydrogen-bond donors (Lipinski definition) is 1. The third-order valence-electron chi connectivity index (χ3n) is 5.06. The minimum absolute atomic E-state index is 0.108. The third-order valence-corrected chi connectivity index (χ3v) is 5.06. The van der Waals surface area contributed by atoms with Gasteiger partial charge in [-0.15, -0.1) is 0 Å². The fourth-order valence-electron chi connectivity index (χ4n) is 3.69. The number of nitrogens with zero attached hydrogens (tertiary/aromatic N) is 4.